The third-order valence-corrected chi connectivity index (χ3v) is 2.18. The van der Waals surface area contributed by atoms with Gasteiger partial charge in [0.25, 0.3) is 0 Å². The first kappa shape index (κ1) is 11.0. The average Bonchev–Trinajstić information content (AvgIpc) is 2.62. The van der Waals surface area contributed by atoms with E-state index in [4.69, 9.17) is 4.74 Å². The maximum atomic E-state index is 4.98. The quantitative estimate of drug-likeness (QED) is 0.755. The lowest BCUT2D eigenvalue weighted by Crippen LogP contribution is -2.12. The molecule has 0 radical (unpaired) electrons. The van der Waals surface area contributed by atoms with E-state index in [-0.39, 0.29) is 0 Å². The molecule has 4 nitrogen and oxygen atoms in total. The third kappa shape index (κ3) is 3.38. The predicted molar refractivity (Wildman–Crippen MR) is 57.5 cm³/mol. The Balaban J connectivity index is 2.42. The highest BCUT2D eigenvalue weighted by Crippen LogP contribution is 2.07. The van der Waals surface area contributed by atoms with Crippen molar-refractivity contribution in [3.8, 4) is 0 Å². The van der Waals surface area contributed by atoms with E-state index in [0.717, 1.165) is 18.7 Å². The summed E-state index contributed by atoms with van der Waals surface area (Å²) in [4.78, 5) is 0. The Morgan fingerprint density at radius 3 is 3.07 bits per heavy atom. The van der Waals surface area contributed by atoms with Gasteiger partial charge in [-0.3, -0.25) is 4.68 Å². The van der Waals surface area contributed by atoms with Gasteiger partial charge in [-0.25, -0.2) is 0 Å². The van der Waals surface area contributed by atoms with Gasteiger partial charge in [-0.15, -0.1) is 0 Å². The number of aromatic nitrogens is 2. The molecule has 1 heterocycles. The Morgan fingerprint density at radius 2 is 2.43 bits per heavy atom. The van der Waals surface area contributed by atoms with Crippen molar-refractivity contribution >= 4 is 5.69 Å². The summed E-state index contributed by atoms with van der Waals surface area (Å²) >= 11 is 0. The second kappa shape index (κ2) is 5.65. The lowest BCUT2D eigenvalue weighted by Gasteiger charge is -2.09. The Hall–Kier alpha value is -1.03. The van der Waals surface area contributed by atoms with Crippen molar-refractivity contribution in [1.82, 2.24) is 9.78 Å². The van der Waals surface area contributed by atoms with Crippen molar-refractivity contribution in [3.05, 3.63) is 12.4 Å². The van der Waals surface area contributed by atoms with E-state index >= 15 is 0 Å². The summed E-state index contributed by atoms with van der Waals surface area (Å²) in [7, 11) is 1.70. The van der Waals surface area contributed by atoms with Crippen LogP contribution in [0, 0.1) is 0 Å². The standard InChI is InChI=1S/C10H19N3O/c1-4-9(2)12-10-7-11-13(8-10)5-6-14-3/h7-9,12H,4-6H2,1-3H3. The van der Waals surface area contributed by atoms with E-state index in [1.165, 1.54) is 0 Å². The van der Waals surface area contributed by atoms with E-state index in [1.54, 1.807) is 7.11 Å². The SMILES string of the molecule is CCC(C)Nc1cnn(CCOC)c1. The minimum absolute atomic E-state index is 0.495. The summed E-state index contributed by atoms with van der Waals surface area (Å²) in [6.07, 6.45) is 4.97. The Kier molecular flexibility index (Phi) is 4.46. The molecular weight excluding hydrogens is 178 g/mol. The molecule has 14 heavy (non-hydrogen) atoms. The van der Waals surface area contributed by atoms with Crippen LogP contribution >= 0.6 is 0 Å². The molecule has 0 aliphatic heterocycles. The van der Waals surface area contributed by atoms with Crippen molar-refractivity contribution < 1.29 is 4.74 Å². The second-order valence-electron chi connectivity index (χ2n) is 3.44. The van der Waals surface area contributed by atoms with Crippen LogP contribution in [0.15, 0.2) is 12.4 Å². The molecule has 4 heteroatoms. The molecule has 1 aromatic rings. The lowest BCUT2D eigenvalue weighted by molar-refractivity contribution is 0.183. The van der Waals surface area contributed by atoms with Crippen LogP contribution in [-0.4, -0.2) is 29.5 Å². The van der Waals surface area contributed by atoms with Crippen molar-refractivity contribution in [2.24, 2.45) is 0 Å². The first-order valence-corrected chi connectivity index (χ1v) is 5.04. The highest BCUT2D eigenvalue weighted by atomic mass is 16.5. The maximum absolute atomic E-state index is 4.98. The molecule has 80 valence electrons. The Morgan fingerprint density at radius 1 is 1.64 bits per heavy atom. The van der Waals surface area contributed by atoms with Crippen LogP contribution in [0.5, 0.6) is 0 Å². The van der Waals surface area contributed by atoms with Crippen molar-refractivity contribution in [2.45, 2.75) is 32.9 Å². The fourth-order valence-corrected chi connectivity index (χ4v) is 1.13. The topological polar surface area (TPSA) is 39.1 Å². The van der Waals surface area contributed by atoms with Gasteiger partial charge in [-0.05, 0) is 13.3 Å². The van der Waals surface area contributed by atoms with E-state index in [1.807, 2.05) is 17.1 Å². The van der Waals surface area contributed by atoms with E-state index < -0.39 is 0 Å². The zero-order valence-corrected chi connectivity index (χ0v) is 9.16. The summed E-state index contributed by atoms with van der Waals surface area (Å²) in [5.41, 5.74) is 1.08. The zero-order chi connectivity index (χ0) is 10.4. The normalized spacial score (nSPS) is 12.8. The van der Waals surface area contributed by atoms with Crippen LogP contribution in [0.2, 0.25) is 0 Å². The molecule has 1 N–H and O–H groups in total. The van der Waals surface area contributed by atoms with Gasteiger partial charge >= 0.3 is 0 Å². The van der Waals surface area contributed by atoms with Crippen LogP contribution in [0.3, 0.4) is 0 Å². The number of rotatable bonds is 6. The van der Waals surface area contributed by atoms with Crippen LogP contribution in [0.25, 0.3) is 0 Å². The predicted octanol–water partition coefficient (Wildman–Crippen LogP) is 1.74. The number of hydrogen-bond donors (Lipinski definition) is 1. The Labute approximate surface area is 85.3 Å². The fraction of sp³-hybridized carbons (Fsp3) is 0.700. The smallest absolute Gasteiger partial charge is 0.0728 e. The number of ether oxygens (including phenoxy) is 1. The molecule has 0 saturated carbocycles. The minimum Gasteiger partial charge on any atom is -0.383 e. The first-order valence-electron chi connectivity index (χ1n) is 5.04. The molecule has 0 spiro atoms. The summed E-state index contributed by atoms with van der Waals surface area (Å²) in [5, 5.41) is 7.58. The summed E-state index contributed by atoms with van der Waals surface area (Å²) < 4.78 is 6.86. The average molecular weight is 197 g/mol. The first-order chi connectivity index (χ1) is 6.76. The van der Waals surface area contributed by atoms with Crippen LogP contribution in [-0.2, 0) is 11.3 Å². The highest BCUT2D eigenvalue weighted by Gasteiger charge is 2.01. The largest absolute Gasteiger partial charge is 0.383 e. The number of nitrogens with one attached hydrogen (secondary N) is 1. The van der Waals surface area contributed by atoms with Crippen LogP contribution in [0.1, 0.15) is 20.3 Å². The molecule has 1 atom stereocenters. The monoisotopic (exact) mass is 197 g/mol. The molecule has 1 rings (SSSR count). The number of methoxy groups -OCH3 is 1. The van der Waals surface area contributed by atoms with Crippen LogP contribution in [0.4, 0.5) is 5.69 Å². The van der Waals surface area contributed by atoms with Gasteiger partial charge in [-0.2, -0.15) is 5.10 Å². The molecule has 1 aromatic heterocycles. The Bertz CT molecular complexity index is 260. The molecule has 0 fully saturated rings. The molecule has 0 aromatic carbocycles. The molecule has 0 saturated heterocycles. The van der Waals surface area contributed by atoms with Crippen molar-refractivity contribution in [1.29, 1.82) is 0 Å². The van der Waals surface area contributed by atoms with Gasteiger partial charge in [0.15, 0.2) is 0 Å². The fourth-order valence-electron chi connectivity index (χ4n) is 1.13. The van der Waals surface area contributed by atoms with Gasteiger partial charge in [-0.1, -0.05) is 6.92 Å². The number of anilines is 1. The van der Waals surface area contributed by atoms with E-state index in [0.29, 0.717) is 12.6 Å². The molecule has 0 aliphatic rings. The van der Waals surface area contributed by atoms with Crippen LogP contribution < -0.4 is 5.32 Å². The maximum Gasteiger partial charge on any atom is 0.0728 e. The third-order valence-electron chi connectivity index (χ3n) is 2.18. The van der Waals surface area contributed by atoms with Gasteiger partial charge < -0.3 is 10.1 Å². The van der Waals surface area contributed by atoms with Crippen molar-refractivity contribution in [2.75, 3.05) is 19.0 Å². The summed E-state index contributed by atoms with van der Waals surface area (Å²) in [5.74, 6) is 0. The van der Waals surface area contributed by atoms with E-state index in [2.05, 4.69) is 24.3 Å². The molecule has 0 aliphatic carbocycles. The zero-order valence-electron chi connectivity index (χ0n) is 9.16. The van der Waals surface area contributed by atoms with Gasteiger partial charge in [0.05, 0.1) is 25.0 Å². The lowest BCUT2D eigenvalue weighted by atomic mass is 10.2. The summed E-state index contributed by atoms with van der Waals surface area (Å²) in [6.45, 7) is 5.82. The molecule has 0 bridgehead atoms. The second-order valence-corrected chi connectivity index (χ2v) is 3.44. The molecule has 0 amide bonds. The molecular formula is C10H19N3O. The van der Waals surface area contributed by atoms with Crippen molar-refractivity contribution in [3.63, 3.8) is 0 Å². The minimum atomic E-state index is 0.495. The molecule has 1 unspecified atom stereocenters. The van der Waals surface area contributed by atoms with Gasteiger partial charge in [0.1, 0.15) is 0 Å². The summed E-state index contributed by atoms with van der Waals surface area (Å²) in [6, 6.07) is 0.495. The van der Waals surface area contributed by atoms with Gasteiger partial charge in [0.2, 0.25) is 0 Å². The number of hydrogen-bond acceptors (Lipinski definition) is 3. The van der Waals surface area contributed by atoms with E-state index in [9.17, 15) is 0 Å². The number of nitrogens with zero attached hydrogens (tertiary/aromatic N) is 2. The van der Waals surface area contributed by atoms with Gasteiger partial charge in [0, 0.05) is 19.3 Å². The highest BCUT2D eigenvalue weighted by molar-refractivity contribution is 5.38.